The third-order valence-electron chi connectivity index (χ3n) is 3.51. The predicted octanol–water partition coefficient (Wildman–Crippen LogP) is 4.99. The zero-order valence-electron chi connectivity index (χ0n) is 14.6. The number of unbranched alkanes of at least 4 members (excludes halogenated alkanes) is 5. The van der Waals surface area contributed by atoms with Gasteiger partial charge < -0.3 is 9.47 Å². The molecule has 0 bridgehead atoms. The summed E-state index contributed by atoms with van der Waals surface area (Å²) < 4.78 is 10.3. The molecule has 0 aromatic heterocycles. The first-order valence-corrected chi connectivity index (χ1v) is 9.06. The van der Waals surface area contributed by atoms with Crippen LogP contribution in [0, 0.1) is 0 Å². The van der Waals surface area contributed by atoms with Gasteiger partial charge in [0.25, 0.3) is 0 Å². The molecule has 0 spiro atoms. The van der Waals surface area contributed by atoms with Gasteiger partial charge in [0.1, 0.15) is 6.61 Å². The summed E-state index contributed by atoms with van der Waals surface area (Å²) in [6, 6.07) is 6.36. The van der Waals surface area contributed by atoms with E-state index in [1.165, 1.54) is 31.7 Å². The van der Waals surface area contributed by atoms with Crippen molar-refractivity contribution in [3.8, 4) is 0 Å². The Morgan fingerprint density at radius 1 is 1.00 bits per heavy atom. The Bertz CT molecular complexity index is 514. The van der Waals surface area contributed by atoms with Gasteiger partial charge in [0.2, 0.25) is 0 Å². The van der Waals surface area contributed by atoms with Crippen LogP contribution in [0.1, 0.15) is 73.1 Å². The van der Waals surface area contributed by atoms with Crippen LogP contribution in [0.5, 0.6) is 0 Å². The van der Waals surface area contributed by atoms with Crippen LogP contribution in [0.15, 0.2) is 24.3 Å². The summed E-state index contributed by atoms with van der Waals surface area (Å²) in [5.41, 5.74) is 0.677. The lowest BCUT2D eigenvalue weighted by Gasteiger charge is -2.08. The highest BCUT2D eigenvalue weighted by molar-refractivity contribution is 6.20. The Labute approximate surface area is 149 Å². The zero-order valence-corrected chi connectivity index (χ0v) is 15.3. The molecule has 0 aliphatic rings. The Morgan fingerprint density at radius 2 is 1.58 bits per heavy atom. The van der Waals surface area contributed by atoms with E-state index in [1.807, 2.05) is 0 Å². The van der Waals surface area contributed by atoms with Crippen molar-refractivity contribution in [1.82, 2.24) is 0 Å². The molecule has 5 heteroatoms. The number of ether oxygens (including phenoxy) is 2. The average Bonchev–Trinajstić information content (AvgIpc) is 2.58. The predicted molar refractivity (Wildman–Crippen MR) is 95.7 cm³/mol. The number of carbonyl (C=O) groups is 2. The monoisotopic (exact) mass is 354 g/mol. The van der Waals surface area contributed by atoms with E-state index in [0.717, 1.165) is 12.8 Å². The molecule has 1 unspecified atom stereocenters. The van der Waals surface area contributed by atoms with Gasteiger partial charge in [0.15, 0.2) is 0 Å². The van der Waals surface area contributed by atoms with Crippen LogP contribution >= 0.6 is 11.6 Å². The van der Waals surface area contributed by atoms with Gasteiger partial charge in [0, 0.05) is 0 Å². The molecule has 24 heavy (non-hydrogen) atoms. The van der Waals surface area contributed by atoms with E-state index < -0.39 is 11.9 Å². The van der Waals surface area contributed by atoms with Crippen LogP contribution in [0.2, 0.25) is 0 Å². The molecule has 1 atom stereocenters. The van der Waals surface area contributed by atoms with Crippen LogP contribution in [0.25, 0.3) is 0 Å². The molecule has 0 aliphatic heterocycles. The van der Waals surface area contributed by atoms with Gasteiger partial charge in [-0.15, -0.1) is 11.6 Å². The van der Waals surface area contributed by atoms with Gasteiger partial charge in [-0.3, -0.25) is 0 Å². The number of rotatable bonds is 11. The normalized spacial score (nSPS) is 11.8. The quantitative estimate of drug-likeness (QED) is 0.319. The third kappa shape index (κ3) is 8.34. The number of benzene rings is 1. The standard InChI is InChI=1S/C19H27ClO4/c1-3-4-5-6-7-8-12-23-18(21)16-10-9-11-17(13-16)19(22)24-14-15(2)20/h9-11,13,15H,3-8,12,14H2,1-2H3. The minimum atomic E-state index is -0.493. The van der Waals surface area contributed by atoms with Crippen molar-refractivity contribution in [2.24, 2.45) is 0 Å². The fraction of sp³-hybridized carbons (Fsp3) is 0.579. The first-order chi connectivity index (χ1) is 11.5. The first-order valence-electron chi connectivity index (χ1n) is 8.63. The Morgan fingerprint density at radius 3 is 2.21 bits per heavy atom. The highest BCUT2D eigenvalue weighted by Gasteiger charge is 2.13. The van der Waals surface area contributed by atoms with Crippen molar-refractivity contribution in [3.05, 3.63) is 35.4 Å². The fourth-order valence-corrected chi connectivity index (χ4v) is 2.24. The lowest BCUT2D eigenvalue weighted by atomic mass is 10.1. The number of hydrogen-bond acceptors (Lipinski definition) is 4. The summed E-state index contributed by atoms with van der Waals surface area (Å²) in [5, 5.41) is -0.251. The Hall–Kier alpha value is -1.55. The van der Waals surface area contributed by atoms with Gasteiger partial charge >= 0.3 is 11.9 Å². The summed E-state index contributed by atoms with van der Waals surface area (Å²) in [6.45, 7) is 4.46. The van der Waals surface area contributed by atoms with Crippen molar-refractivity contribution in [1.29, 1.82) is 0 Å². The second-order valence-electron chi connectivity index (χ2n) is 5.86. The molecule has 0 aliphatic carbocycles. The number of esters is 2. The maximum absolute atomic E-state index is 12.0. The van der Waals surface area contributed by atoms with Crippen LogP contribution in [0.4, 0.5) is 0 Å². The van der Waals surface area contributed by atoms with E-state index in [2.05, 4.69) is 6.92 Å². The van der Waals surface area contributed by atoms with Gasteiger partial charge in [-0.05, 0) is 31.5 Å². The van der Waals surface area contributed by atoms with Crippen molar-refractivity contribution in [3.63, 3.8) is 0 Å². The smallest absolute Gasteiger partial charge is 0.338 e. The molecule has 0 N–H and O–H groups in total. The number of carbonyl (C=O) groups excluding carboxylic acids is 2. The van der Waals surface area contributed by atoms with E-state index in [4.69, 9.17) is 21.1 Å². The van der Waals surface area contributed by atoms with Crippen molar-refractivity contribution < 1.29 is 19.1 Å². The van der Waals surface area contributed by atoms with E-state index >= 15 is 0 Å². The molecule has 0 heterocycles. The lowest BCUT2D eigenvalue weighted by Crippen LogP contribution is -2.13. The molecule has 1 rings (SSSR count). The molecular formula is C19H27ClO4. The summed E-state index contributed by atoms with van der Waals surface area (Å²) in [7, 11) is 0. The first kappa shape index (κ1) is 20.5. The highest BCUT2D eigenvalue weighted by atomic mass is 35.5. The Balaban J connectivity index is 2.39. The molecule has 0 amide bonds. The average molecular weight is 355 g/mol. The summed E-state index contributed by atoms with van der Waals surface area (Å²) in [6.07, 6.45) is 6.81. The van der Waals surface area contributed by atoms with Gasteiger partial charge in [-0.25, -0.2) is 9.59 Å². The molecule has 1 aromatic carbocycles. The van der Waals surface area contributed by atoms with Crippen LogP contribution in [-0.4, -0.2) is 30.5 Å². The SMILES string of the molecule is CCCCCCCCOC(=O)c1cccc(C(=O)OCC(C)Cl)c1. The number of hydrogen-bond donors (Lipinski definition) is 0. The molecule has 1 aromatic rings. The number of alkyl halides is 1. The summed E-state index contributed by atoms with van der Waals surface area (Å²) in [5.74, 6) is -0.906. The third-order valence-corrected chi connectivity index (χ3v) is 3.64. The second kappa shape index (κ2) is 11.9. The number of halogens is 1. The van der Waals surface area contributed by atoms with Gasteiger partial charge in [-0.1, -0.05) is 45.1 Å². The van der Waals surface area contributed by atoms with E-state index in [1.54, 1.807) is 25.1 Å². The minimum absolute atomic E-state index is 0.132. The summed E-state index contributed by atoms with van der Waals surface area (Å²) in [4.78, 5) is 23.9. The molecule has 0 saturated carbocycles. The molecule has 4 nitrogen and oxygen atoms in total. The second-order valence-corrected chi connectivity index (χ2v) is 6.61. The maximum atomic E-state index is 12.0. The molecule has 0 radical (unpaired) electrons. The minimum Gasteiger partial charge on any atom is -0.462 e. The molecular weight excluding hydrogens is 328 g/mol. The highest BCUT2D eigenvalue weighted by Crippen LogP contribution is 2.10. The summed E-state index contributed by atoms with van der Waals surface area (Å²) >= 11 is 5.75. The lowest BCUT2D eigenvalue weighted by molar-refractivity contribution is 0.0497. The Kier molecular flexibility index (Phi) is 10.2. The molecule has 0 fully saturated rings. The van der Waals surface area contributed by atoms with Crippen molar-refractivity contribution >= 4 is 23.5 Å². The topological polar surface area (TPSA) is 52.6 Å². The van der Waals surface area contributed by atoms with Gasteiger partial charge in [0.05, 0.1) is 23.1 Å². The van der Waals surface area contributed by atoms with Crippen LogP contribution in [-0.2, 0) is 9.47 Å². The molecule has 0 saturated heterocycles. The van der Waals surface area contributed by atoms with E-state index in [9.17, 15) is 9.59 Å². The van der Waals surface area contributed by atoms with Crippen molar-refractivity contribution in [2.75, 3.05) is 13.2 Å². The van der Waals surface area contributed by atoms with E-state index in [-0.39, 0.29) is 12.0 Å². The largest absolute Gasteiger partial charge is 0.462 e. The van der Waals surface area contributed by atoms with Crippen molar-refractivity contribution in [2.45, 2.75) is 57.7 Å². The zero-order chi connectivity index (χ0) is 17.8. The fourth-order valence-electron chi connectivity index (χ4n) is 2.18. The van der Waals surface area contributed by atoms with Crippen LogP contribution < -0.4 is 0 Å². The van der Waals surface area contributed by atoms with Gasteiger partial charge in [-0.2, -0.15) is 0 Å². The van der Waals surface area contributed by atoms with E-state index in [0.29, 0.717) is 17.7 Å². The van der Waals surface area contributed by atoms with Crippen LogP contribution in [0.3, 0.4) is 0 Å². The molecule has 134 valence electrons. The maximum Gasteiger partial charge on any atom is 0.338 e.